The number of fused-ring (bicyclic) bond motifs is 3. The maximum Gasteiger partial charge on any atom is 0.339 e. The Morgan fingerprint density at radius 3 is 2.92 bits per heavy atom. The molecule has 0 aliphatic carbocycles. The first kappa shape index (κ1) is 14.3. The summed E-state index contributed by atoms with van der Waals surface area (Å²) in [6, 6.07) is 11.2. The van der Waals surface area contributed by atoms with Crippen molar-refractivity contribution in [3.8, 4) is 11.3 Å². The van der Waals surface area contributed by atoms with Crippen LogP contribution in [0.5, 0.6) is 0 Å². The number of nitrogen functional groups attached to an aromatic ring is 1. The minimum Gasteiger partial charge on any atom is -0.464 e. The van der Waals surface area contributed by atoms with E-state index in [0.717, 1.165) is 22.4 Å². The van der Waals surface area contributed by atoms with Crippen LogP contribution in [0, 0.1) is 0 Å². The smallest absolute Gasteiger partial charge is 0.339 e. The van der Waals surface area contributed by atoms with Gasteiger partial charge in [0.2, 0.25) is 0 Å². The number of anilines is 1. The van der Waals surface area contributed by atoms with Gasteiger partial charge in [-0.3, -0.25) is 0 Å². The summed E-state index contributed by atoms with van der Waals surface area (Å²) in [6.45, 7) is 2.10. The van der Waals surface area contributed by atoms with Crippen molar-refractivity contribution in [2.45, 2.75) is 6.92 Å². The van der Waals surface area contributed by atoms with Crippen molar-refractivity contribution in [3.63, 3.8) is 0 Å². The van der Waals surface area contributed by atoms with E-state index < -0.39 is 0 Å². The number of rotatable bonds is 3. The van der Waals surface area contributed by atoms with Gasteiger partial charge in [0.1, 0.15) is 11.6 Å². The van der Waals surface area contributed by atoms with Crippen molar-refractivity contribution >= 4 is 28.3 Å². The number of nitrogens with zero attached hydrogens (tertiary/aromatic N) is 2. The SMILES string of the molecule is CCOC(=O)c1cc2c(N)nc3cc(-c4ccco4)ccc3n2c1. The normalized spacial score (nSPS) is 11.2. The lowest BCUT2D eigenvalue weighted by atomic mass is 10.1. The second kappa shape index (κ2) is 5.42. The van der Waals surface area contributed by atoms with Gasteiger partial charge in [0.05, 0.1) is 35.0 Å². The Morgan fingerprint density at radius 2 is 2.17 bits per heavy atom. The first-order valence-electron chi connectivity index (χ1n) is 7.59. The van der Waals surface area contributed by atoms with E-state index in [2.05, 4.69) is 4.98 Å². The summed E-state index contributed by atoms with van der Waals surface area (Å²) >= 11 is 0. The number of aromatic nitrogens is 2. The van der Waals surface area contributed by atoms with Gasteiger partial charge in [-0.15, -0.1) is 0 Å². The van der Waals surface area contributed by atoms with Crippen molar-refractivity contribution in [2.24, 2.45) is 0 Å². The van der Waals surface area contributed by atoms with E-state index in [9.17, 15) is 4.79 Å². The minimum absolute atomic E-state index is 0.325. The van der Waals surface area contributed by atoms with E-state index in [1.807, 2.05) is 34.7 Å². The molecular formula is C18H15N3O3. The number of ether oxygens (including phenoxy) is 1. The Morgan fingerprint density at radius 1 is 1.29 bits per heavy atom. The second-order valence-corrected chi connectivity index (χ2v) is 5.38. The molecule has 4 rings (SSSR count). The molecule has 3 heterocycles. The Kier molecular flexibility index (Phi) is 3.23. The largest absolute Gasteiger partial charge is 0.464 e. The summed E-state index contributed by atoms with van der Waals surface area (Å²) in [7, 11) is 0. The third kappa shape index (κ3) is 2.20. The lowest BCUT2D eigenvalue weighted by Crippen LogP contribution is -2.02. The van der Waals surface area contributed by atoms with E-state index in [4.69, 9.17) is 14.9 Å². The third-order valence-corrected chi connectivity index (χ3v) is 3.88. The number of carbonyl (C=O) groups is 1. The van der Waals surface area contributed by atoms with E-state index >= 15 is 0 Å². The van der Waals surface area contributed by atoms with Crippen LogP contribution in [-0.2, 0) is 4.74 Å². The van der Waals surface area contributed by atoms with Gasteiger partial charge in [0.25, 0.3) is 0 Å². The highest BCUT2D eigenvalue weighted by molar-refractivity contribution is 5.95. The quantitative estimate of drug-likeness (QED) is 0.584. The number of furan rings is 1. The molecule has 0 bridgehead atoms. The summed E-state index contributed by atoms with van der Waals surface area (Å²) in [5, 5.41) is 0. The fourth-order valence-electron chi connectivity index (χ4n) is 2.79. The fraction of sp³-hybridized carbons (Fsp3) is 0.111. The van der Waals surface area contributed by atoms with Crippen LogP contribution in [0.3, 0.4) is 0 Å². The highest BCUT2D eigenvalue weighted by atomic mass is 16.5. The van der Waals surface area contributed by atoms with Gasteiger partial charge in [0.15, 0.2) is 0 Å². The molecule has 6 heteroatoms. The lowest BCUT2D eigenvalue weighted by molar-refractivity contribution is 0.0526. The summed E-state index contributed by atoms with van der Waals surface area (Å²) in [4.78, 5) is 16.4. The maximum atomic E-state index is 12.0. The van der Waals surface area contributed by atoms with Crippen molar-refractivity contribution in [1.29, 1.82) is 0 Å². The molecular weight excluding hydrogens is 306 g/mol. The molecule has 0 unspecified atom stereocenters. The molecule has 4 aromatic rings. The molecule has 0 saturated heterocycles. The molecule has 0 aliphatic rings. The van der Waals surface area contributed by atoms with Gasteiger partial charge in [0, 0.05) is 11.8 Å². The zero-order chi connectivity index (χ0) is 16.7. The third-order valence-electron chi connectivity index (χ3n) is 3.88. The van der Waals surface area contributed by atoms with Gasteiger partial charge in [-0.1, -0.05) is 0 Å². The van der Waals surface area contributed by atoms with E-state index in [1.54, 1.807) is 25.5 Å². The van der Waals surface area contributed by atoms with Crippen LogP contribution < -0.4 is 5.73 Å². The van der Waals surface area contributed by atoms with Gasteiger partial charge in [-0.05, 0) is 43.3 Å². The molecule has 2 N–H and O–H groups in total. The summed E-state index contributed by atoms with van der Waals surface area (Å²) < 4.78 is 12.3. The molecule has 0 fully saturated rings. The Labute approximate surface area is 137 Å². The highest BCUT2D eigenvalue weighted by Gasteiger charge is 2.14. The number of hydrogen-bond donors (Lipinski definition) is 1. The first-order valence-corrected chi connectivity index (χ1v) is 7.59. The zero-order valence-corrected chi connectivity index (χ0v) is 13.0. The molecule has 0 spiro atoms. The van der Waals surface area contributed by atoms with Gasteiger partial charge >= 0.3 is 5.97 Å². The first-order chi connectivity index (χ1) is 11.7. The van der Waals surface area contributed by atoms with Crippen LogP contribution in [-0.4, -0.2) is 22.0 Å². The zero-order valence-electron chi connectivity index (χ0n) is 13.0. The Hall–Kier alpha value is -3.28. The standard InChI is InChI=1S/C18H15N3O3/c1-2-23-18(22)12-9-15-17(19)20-13-8-11(16-4-3-7-24-16)5-6-14(13)21(15)10-12/h3-10H,2H2,1H3,(H2,19,20). The van der Waals surface area contributed by atoms with Crippen LogP contribution in [0.1, 0.15) is 17.3 Å². The van der Waals surface area contributed by atoms with Crippen LogP contribution >= 0.6 is 0 Å². The van der Waals surface area contributed by atoms with E-state index in [1.165, 1.54) is 0 Å². The maximum absolute atomic E-state index is 12.0. The summed E-state index contributed by atoms with van der Waals surface area (Å²) in [5.74, 6) is 0.743. The van der Waals surface area contributed by atoms with Gasteiger partial charge < -0.3 is 19.3 Å². The van der Waals surface area contributed by atoms with Crippen LogP contribution in [0.15, 0.2) is 53.3 Å². The number of benzene rings is 1. The molecule has 3 aromatic heterocycles. The second-order valence-electron chi connectivity index (χ2n) is 5.38. The molecule has 0 amide bonds. The van der Waals surface area contributed by atoms with Crippen molar-refractivity contribution in [1.82, 2.24) is 9.38 Å². The minimum atomic E-state index is -0.374. The van der Waals surface area contributed by atoms with Crippen LogP contribution in [0.4, 0.5) is 5.82 Å². The molecule has 1 aromatic carbocycles. The average molecular weight is 321 g/mol. The molecule has 0 saturated carbocycles. The van der Waals surface area contributed by atoms with E-state index in [0.29, 0.717) is 23.5 Å². The fourth-order valence-corrected chi connectivity index (χ4v) is 2.79. The predicted octanol–water partition coefficient (Wildman–Crippen LogP) is 3.51. The highest BCUT2D eigenvalue weighted by Crippen LogP contribution is 2.27. The molecule has 0 radical (unpaired) electrons. The number of carbonyl (C=O) groups excluding carboxylic acids is 1. The molecule has 0 atom stereocenters. The average Bonchev–Trinajstić information content (AvgIpc) is 3.25. The summed E-state index contributed by atoms with van der Waals surface area (Å²) in [5.41, 5.74) is 9.69. The molecule has 24 heavy (non-hydrogen) atoms. The van der Waals surface area contributed by atoms with Gasteiger partial charge in [-0.25, -0.2) is 9.78 Å². The molecule has 0 aliphatic heterocycles. The van der Waals surface area contributed by atoms with Crippen LogP contribution in [0.2, 0.25) is 0 Å². The van der Waals surface area contributed by atoms with Crippen molar-refractivity contribution < 1.29 is 13.9 Å². The monoisotopic (exact) mass is 321 g/mol. The Bertz CT molecular complexity index is 1050. The predicted molar refractivity (Wildman–Crippen MR) is 90.8 cm³/mol. The molecule has 120 valence electrons. The van der Waals surface area contributed by atoms with Gasteiger partial charge in [-0.2, -0.15) is 0 Å². The summed E-state index contributed by atoms with van der Waals surface area (Å²) in [6.07, 6.45) is 3.35. The lowest BCUT2D eigenvalue weighted by Gasteiger charge is -2.06. The Balaban J connectivity index is 1.92. The number of hydrogen-bond acceptors (Lipinski definition) is 5. The van der Waals surface area contributed by atoms with Crippen molar-refractivity contribution in [3.05, 3.63) is 54.4 Å². The number of esters is 1. The topological polar surface area (TPSA) is 82.8 Å². The number of nitrogens with two attached hydrogens (primary N) is 1. The van der Waals surface area contributed by atoms with Crippen molar-refractivity contribution in [2.75, 3.05) is 12.3 Å². The molecule has 6 nitrogen and oxygen atoms in total. The van der Waals surface area contributed by atoms with E-state index in [-0.39, 0.29) is 5.97 Å². The van der Waals surface area contributed by atoms with Crippen LogP contribution in [0.25, 0.3) is 27.9 Å².